The zero-order valence-electron chi connectivity index (χ0n) is 8.54. The van der Waals surface area contributed by atoms with E-state index < -0.39 is 0 Å². The predicted octanol–water partition coefficient (Wildman–Crippen LogP) is 1.58. The van der Waals surface area contributed by atoms with Crippen LogP contribution in [0.5, 0.6) is 0 Å². The second-order valence-electron chi connectivity index (χ2n) is 3.09. The quantitative estimate of drug-likeness (QED) is 0.443. The Labute approximate surface area is 91.2 Å². The van der Waals surface area contributed by atoms with Crippen molar-refractivity contribution in [3.8, 4) is 0 Å². The van der Waals surface area contributed by atoms with Gasteiger partial charge in [0.25, 0.3) is 0 Å². The van der Waals surface area contributed by atoms with E-state index in [4.69, 9.17) is 5.53 Å². The molecule has 1 rings (SSSR count). The van der Waals surface area contributed by atoms with Crippen LogP contribution in [0, 0.1) is 0 Å². The average Bonchev–Trinajstić information content (AvgIpc) is 2.62. The number of rotatable bonds is 4. The van der Waals surface area contributed by atoms with Gasteiger partial charge in [-0.15, -0.1) is 11.3 Å². The van der Waals surface area contributed by atoms with Crippen LogP contribution in [0.2, 0.25) is 0 Å². The minimum Gasteiger partial charge on any atom is -0.348 e. The zero-order chi connectivity index (χ0) is 11.3. The molecule has 0 aliphatic rings. The lowest BCUT2D eigenvalue weighted by Crippen LogP contribution is -2.23. The maximum atomic E-state index is 11.3. The third-order valence-electron chi connectivity index (χ3n) is 1.70. The molecule has 1 heterocycles. The Kier molecular flexibility index (Phi) is 4.08. The van der Waals surface area contributed by atoms with Gasteiger partial charge in [-0.3, -0.25) is 4.79 Å². The van der Waals surface area contributed by atoms with Crippen LogP contribution < -0.4 is 0 Å². The lowest BCUT2D eigenvalue weighted by Gasteiger charge is -2.07. The first-order valence-corrected chi connectivity index (χ1v) is 5.15. The van der Waals surface area contributed by atoms with E-state index in [9.17, 15) is 4.79 Å². The SMILES string of the molecule is CN(C)C(=O)Cc1nc(CN=[N+]=[N-])cs1. The molecule has 0 aliphatic carbocycles. The van der Waals surface area contributed by atoms with Gasteiger partial charge in [-0.05, 0) is 5.53 Å². The first-order valence-electron chi connectivity index (χ1n) is 4.27. The highest BCUT2D eigenvalue weighted by atomic mass is 32.1. The Bertz CT molecular complexity index is 393. The summed E-state index contributed by atoms with van der Waals surface area (Å²) in [5.74, 6) is 0.0136. The van der Waals surface area contributed by atoms with Crippen LogP contribution in [0.4, 0.5) is 0 Å². The smallest absolute Gasteiger partial charge is 0.228 e. The molecule has 80 valence electrons. The van der Waals surface area contributed by atoms with E-state index in [1.165, 1.54) is 16.2 Å². The molecule has 0 aliphatic heterocycles. The van der Waals surface area contributed by atoms with E-state index in [-0.39, 0.29) is 12.5 Å². The minimum atomic E-state index is 0.0136. The lowest BCUT2D eigenvalue weighted by molar-refractivity contribution is -0.127. The normalized spacial score (nSPS) is 9.47. The topological polar surface area (TPSA) is 82.0 Å². The fraction of sp³-hybridized carbons (Fsp3) is 0.500. The van der Waals surface area contributed by atoms with Gasteiger partial charge < -0.3 is 4.90 Å². The van der Waals surface area contributed by atoms with Crippen LogP contribution in [-0.4, -0.2) is 29.9 Å². The highest BCUT2D eigenvalue weighted by Gasteiger charge is 2.08. The van der Waals surface area contributed by atoms with Gasteiger partial charge in [0.2, 0.25) is 5.91 Å². The predicted molar refractivity (Wildman–Crippen MR) is 57.4 cm³/mol. The third-order valence-corrected chi connectivity index (χ3v) is 2.59. The summed E-state index contributed by atoms with van der Waals surface area (Å²) in [4.78, 5) is 19.7. The van der Waals surface area contributed by atoms with Crippen molar-refractivity contribution < 1.29 is 4.79 Å². The number of azide groups is 1. The van der Waals surface area contributed by atoms with E-state index >= 15 is 0 Å². The molecule has 0 radical (unpaired) electrons. The summed E-state index contributed by atoms with van der Waals surface area (Å²) in [6.45, 7) is 0.239. The van der Waals surface area contributed by atoms with Crippen LogP contribution in [0.3, 0.4) is 0 Å². The second-order valence-corrected chi connectivity index (χ2v) is 4.03. The Morgan fingerprint density at radius 2 is 2.47 bits per heavy atom. The Morgan fingerprint density at radius 1 is 1.73 bits per heavy atom. The summed E-state index contributed by atoms with van der Waals surface area (Å²) < 4.78 is 0. The van der Waals surface area contributed by atoms with Crippen molar-refractivity contribution in [1.82, 2.24) is 9.88 Å². The Hall–Kier alpha value is -1.59. The molecule has 1 aromatic rings. The molecule has 0 fully saturated rings. The molecule has 15 heavy (non-hydrogen) atoms. The molecular formula is C8H11N5OS. The molecule has 0 bridgehead atoms. The van der Waals surface area contributed by atoms with Gasteiger partial charge >= 0.3 is 0 Å². The minimum absolute atomic E-state index is 0.0136. The second kappa shape index (κ2) is 5.33. The Morgan fingerprint density at radius 3 is 3.07 bits per heavy atom. The van der Waals surface area contributed by atoms with Crippen LogP contribution in [0.1, 0.15) is 10.7 Å². The monoisotopic (exact) mass is 225 g/mol. The van der Waals surface area contributed by atoms with Gasteiger partial charge in [0.1, 0.15) is 5.01 Å². The van der Waals surface area contributed by atoms with Crippen molar-refractivity contribution in [3.63, 3.8) is 0 Å². The molecule has 1 amide bonds. The summed E-state index contributed by atoms with van der Waals surface area (Å²) in [5, 5.41) is 5.94. The van der Waals surface area contributed by atoms with Crippen LogP contribution in [0.15, 0.2) is 10.5 Å². The van der Waals surface area contributed by atoms with Gasteiger partial charge in [-0.25, -0.2) is 4.98 Å². The van der Waals surface area contributed by atoms with E-state index in [2.05, 4.69) is 15.0 Å². The number of hydrogen-bond donors (Lipinski definition) is 0. The average molecular weight is 225 g/mol. The summed E-state index contributed by atoms with van der Waals surface area (Å²) in [6, 6.07) is 0. The van der Waals surface area contributed by atoms with Gasteiger partial charge in [-0.2, -0.15) is 0 Å². The lowest BCUT2D eigenvalue weighted by atomic mass is 10.4. The highest BCUT2D eigenvalue weighted by Crippen LogP contribution is 2.11. The van der Waals surface area contributed by atoms with Crippen LogP contribution in [-0.2, 0) is 17.8 Å². The molecule has 0 saturated carbocycles. The maximum absolute atomic E-state index is 11.3. The molecule has 7 heteroatoms. The molecular weight excluding hydrogens is 214 g/mol. The largest absolute Gasteiger partial charge is 0.348 e. The van der Waals surface area contributed by atoms with Crippen molar-refractivity contribution in [1.29, 1.82) is 0 Å². The number of hydrogen-bond acceptors (Lipinski definition) is 4. The molecule has 1 aromatic heterocycles. The third kappa shape index (κ3) is 3.57. The van der Waals surface area contributed by atoms with Gasteiger partial charge in [0.15, 0.2) is 0 Å². The maximum Gasteiger partial charge on any atom is 0.228 e. The number of carbonyl (C=O) groups is 1. The molecule has 0 saturated heterocycles. The van der Waals surface area contributed by atoms with E-state index in [0.29, 0.717) is 12.1 Å². The number of thiazole rings is 1. The molecule has 0 aromatic carbocycles. The fourth-order valence-electron chi connectivity index (χ4n) is 0.894. The number of nitrogens with zero attached hydrogens (tertiary/aromatic N) is 5. The van der Waals surface area contributed by atoms with Crippen molar-refractivity contribution >= 4 is 17.2 Å². The number of carbonyl (C=O) groups excluding carboxylic acids is 1. The van der Waals surface area contributed by atoms with Gasteiger partial charge in [-0.1, -0.05) is 5.11 Å². The fourth-order valence-corrected chi connectivity index (χ4v) is 1.67. The summed E-state index contributed by atoms with van der Waals surface area (Å²) in [6.07, 6.45) is 0.300. The number of aromatic nitrogens is 1. The molecule has 0 spiro atoms. The summed E-state index contributed by atoms with van der Waals surface area (Å²) in [5.41, 5.74) is 8.83. The van der Waals surface area contributed by atoms with E-state index in [1.807, 2.05) is 0 Å². The van der Waals surface area contributed by atoms with E-state index in [0.717, 1.165) is 5.01 Å². The standard InChI is InChI=1S/C8H11N5OS/c1-13(2)8(14)3-7-11-6(5-15-7)4-10-12-9/h5H,3-4H2,1-2H3. The van der Waals surface area contributed by atoms with E-state index in [1.54, 1.807) is 19.5 Å². The van der Waals surface area contributed by atoms with Crippen molar-refractivity contribution in [2.75, 3.05) is 14.1 Å². The first kappa shape index (κ1) is 11.5. The molecule has 6 nitrogen and oxygen atoms in total. The van der Waals surface area contributed by atoms with Crippen molar-refractivity contribution in [2.24, 2.45) is 5.11 Å². The van der Waals surface area contributed by atoms with Crippen molar-refractivity contribution in [2.45, 2.75) is 13.0 Å². The van der Waals surface area contributed by atoms with Crippen LogP contribution in [0.25, 0.3) is 10.4 Å². The summed E-state index contributed by atoms with van der Waals surface area (Å²) in [7, 11) is 3.41. The molecule has 0 atom stereocenters. The molecule has 0 N–H and O–H groups in total. The Balaban J connectivity index is 2.60. The van der Waals surface area contributed by atoms with Crippen molar-refractivity contribution in [3.05, 3.63) is 26.5 Å². The first-order chi connectivity index (χ1) is 7.13. The van der Waals surface area contributed by atoms with Gasteiger partial charge in [0.05, 0.1) is 18.7 Å². The highest BCUT2D eigenvalue weighted by molar-refractivity contribution is 7.09. The molecule has 0 unspecified atom stereocenters. The van der Waals surface area contributed by atoms with Gasteiger partial charge in [0, 0.05) is 24.4 Å². The zero-order valence-corrected chi connectivity index (χ0v) is 9.36. The van der Waals surface area contributed by atoms with Crippen LogP contribution >= 0.6 is 11.3 Å². The number of amides is 1. The summed E-state index contributed by atoms with van der Waals surface area (Å²) >= 11 is 1.40. The number of likely N-dealkylation sites (N-methyl/N-ethyl adjacent to an activating group) is 1.